The summed E-state index contributed by atoms with van der Waals surface area (Å²) in [4.78, 5) is 14.0. The number of carbonyl (C=O) groups excluding carboxylic acids is 1. The van der Waals surface area contributed by atoms with Gasteiger partial charge in [-0.05, 0) is 52.9 Å². The average Bonchev–Trinajstić information content (AvgIpc) is 3.07. The monoisotopic (exact) mass is 418 g/mol. The van der Waals surface area contributed by atoms with Gasteiger partial charge in [0.2, 0.25) is 0 Å². The molecule has 1 aliphatic rings. The van der Waals surface area contributed by atoms with Crippen LogP contribution in [0.2, 0.25) is 0 Å². The normalized spacial score (nSPS) is 16.6. The van der Waals surface area contributed by atoms with Crippen molar-refractivity contribution in [3.63, 3.8) is 0 Å². The van der Waals surface area contributed by atoms with Gasteiger partial charge in [0.05, 0.1) is 24.4 Å². The summed E-state index contributed by atoms with van der Waals surface area (Å²) in [7, 11) is 2.00. The molecule has 1 saturated heterocycles. The Morgan fingerprint density at radius 2 is 2.10 bits per heavy atom. The van der Waals surface area contributed by atoms with Gasteiger partial charge in [0.15, 0.2) is 0 Å². The highest BCUT2D eigenvalue weighted by molar-refractivity contribution is 5.82. The fourth-order valence-electron chi connectivity index (χ4n) is 3.29. The number of alkyl carbamates (subject to hydrolysis) is 1. The Bertz CT molecular complexity index is 839. The second kappa shape index (κ2) is 9.66. The molecule has 2 heterocycles. The molecule has 8 nitrogen and oxygen atoms in total. The number of benzene rings is 1. The number of aromatic nitrogens is 2. The van der Waals surface area contributed by atoms with Gasteiger partial charge in [-0.15, -0.1) is 0 Å². The van der Waals surface area contributed by atoms with Crippen LogP contribution >= 0.6 is 0 Å². The molecule has 2 N–H and O–H groups in total. The molecule has 0 radical (unpaired) electrons. The Kier molecular flexibility index (Phi) is 7.20. The fourth-order valence-corrected chi connectivity index (χ4v) is 3.29. The van der Waals surface area contributed by atoms with E-state index in [1.54, 1.807) is 0 Å². The summed E-state index contributed by atoms with van der Waals surface area (Å²) in [5, 5.41) is 11.4. The SMILES string of the molecule is CC(COC(=O)NC(C)(C)C)N(C)Cc1n[nH]c2ccc(OC3CCOCC3)cc12. The van der Waals surface area contributed by atoms with Crippen molar-refractivity contribution in [2.75, 3.05) is 26.9 Å². The molecule has 0 bridgehead atoms. The van der Waals surface area contributed by atoms with Crippen molar-refractivity contribution >= 4 is 17.0 Å². The van der Waals surface area contributed by atoms with Gasteiger partial charge in [0.25, 0.3) is 0 Å². The first-order chi connectivity index (χ1) is 14.2. The van der Waals surface area contributed by atoms with Crippen molar-refractivity contribution in [3.05, 3.63) is 23.9 Å². The molecule has 0 spiro atoms. The highest BCUT2D eigenvalue weighted by Crippen LogP contribution is 2.25. The highest BCUT2D eigenvalue weighted by Gasteiger charge is 2.19. The molecule has 1 aliphatic heterocycles. The zero-order valence-electron chi connectivity index (χ0n) is 18.7. The van der Waals surface area contributed by atoms with Crippen LogP contribution in [0.25, 0.3) is 10.9 Å². The molecule has 166 valence electrons. The van der Waals surface area contributed by atoms with Crippen LogP contribution in [-0.4, -0.2) is 65.7 Å². The van der Waals surface area contributed by atoms with E-state index in [4.69, 9.17) is 14.2 Å². The fraction of sp³-hybridized carbons (Fsp3) is 0.636. The summed E-state index contributed by atoms with van der Waals surface area (Å²) in [6, 6.07) is 6.08. The highest BCUT2D eigenvalue weighted by atomic mass is 16.5. The minimum Gasteiger partial charge on any atom is -0.490 e. The summed E-state index contributed by atoms with van der Waals surface area (Å²) in [6.45, 7) is 10.2. The lowest BCUT2D eigenvalue weighted by atomic mass is 10.1. The lowest BCUT2D eigenvalue weighted by Crippen LogP contribution is -2.42. The predicted molar refractivity (Wildman–Crippen MR) is 116 cm³/mol. The maximum atomic E-state index is 11.9. The van der Waals surface area contributed by atoms with Crippen molar-refractivity contribution in [1.82, 2.24) is 20.4 Å². The molecule has 1 amide bonds. The molecule has 0 aliphatic carbocycles. The third-order valence-corrected chi connectivity index (χ3v) is 5.17. The molecule has 1 atom stereocenters. The largest absolute Gasteiger partial charge is 0.490 e. The molecule has 1 fully saturated rings. The lowest BCUT2D eigenvalue weighted by Gasteiger charge is -2.25. The van der Waals surface area contributed by atoms with Gasteiger partial charge in [-0.1, -0.05) is 0 Å². The molecule has 30 heavy (non-hydrogen) atoms. The number of likely N-dealkylation sites (N-methyl/N-ethyl adjacent to an activating group) is 1. The lowest BCUT2D eigenvalue weighted by molar-refractivity contribution is 0.0256. The topological polar surface area (TPSA) is 88.7 Å². The van der Waals surface area contributed by atoms with Crippen molar-refractivity contribution in [1.29, 1.82) is 0 Å². The predicted octanol–water partition coefficient (Wildman–Crippen LogP) is 3.47. The van der Waals surface area contributed by atoms with Crippen molar-refractivity contribution in [3.8, 4) is 5.75 Å². The number of hydrogen-bond donors (Lipinski definition) is 2. The van der Waals surface area contributed by atoms with Gasteiger partial charge in [0, 0.05) is 36.4 Å². The van der Waals surface area contributed by atoms with E-state index in [0.29, 0.717) is 13.2 Å². The standard InChI is InChI=1S/C22H34N4O4/c1-15(14-29-21(27)23-22(2,3)4)26(5)13-20-18-12-17(6-7-19(18)24-25-20)30-16-8-10-28-11-9-16/h6-7,12,15-16H,8-11,13-14H2,1-5H3,(H,23,27)(H,24,25). The van der Waals surface area contributed by atoms with Crippen LogP contribution in [0.15, 0.2) is 18.2 Å². The first-order valence-corrected chi connectivity index (χ1v) is 10.6. The van der Waals surface area contributed by atoms with E-state index in [1.165, 1.54) is 0 Å². The molecular weight excluding hydrogens is 384 g/mol. The third-order valence-electron chi connectivity index (χ3n) is 5.17. The number of aromatic amines is 1. The zero-order valence-corrected chi connectivity index (χ0v) is 18.7. The summed E-state index contributed by atoms with van der Waals surface area (Å²) in [5.74, 6) is 0.856. The van der Waals surface area contributed by atoms with E-state index in [0.717, 1.165) is 48.4 Å². The Balaban J connectivity index is 1.58. The van der Waals surface area contributed by atoms with Crippen LogP contribution < -0.4 is 10.1 Å². The zero-order chi connectivity index (χ0) is 21.7. The minimum absolute atomic E-state index is 0.0455. The molecule has 3 rings (SSSR count). The van der Waals surface area contributed by atoms with Crippen LogP contribution in [-0.2, 0) is 16.0 Å². The molecule has 2 aromatic rings. The van der Waals surface area contributed by atoms with Crippen molar-refractivity contribution in [2.24, 2.45) is 0 Å². The first kappa shape index (κ1) is 22.4. The molecule has 0 saturated carbocycles. The minimum atomic E-state index is -0.400. The van der Waals surface area contributed by atoms with E-state index in [9.17, 15) is 4.79 Å². The number of fused-ring (bicyclic) bond motifs is 1. The summed E-state index contributed by atoms with van der Waals surface area (Å²) >= 11 is 0. The van der Waals surface area contributed by atoms with Crippen LogP contribution in [0.4, 0.5) is 4.79 Å². The van der Waals surface area contributed by atoms with Crippen LogP contribution in [0.1, 0.15) is 46.2 Å². The van der Waals surface area contributed by atoms with E-state index >= 15 is 0 Å². The van der Waals surface area contributed by atoms with Crippen molar-refractivity contribution < 1.29 is 19.0 Å². The van der Waals surface area contributed by atoms with E-state index in [1.807, 2.05) is 46.9 Å². The van der Waals surface area contributed by atoms with Crippen LogP contribution in [0.3, 0.4) is 0 Å². The summed E-state index contributed by atoms with van der Waals surface area (Å²) in [6.07, 6.45) is 1.63. The summed E-state index contributed by atoms with van der Waals surface area (Å²) < 4.78 is 16.9. The quantitative estimate of drug-likeness (QED) is 0.716. The molecule has 1 aromatic heterocycles. The molecule has 1 aromatic carbocycles. The number of amides is 1. The maximum Gasteiger partial charge on any atom is 0.407 e. The number of hydrogen-bond acceptors (Lipinski definition) is 6. The number of rotatable bonds is 7. The Morgan fingerprint density at radius 1 is 1.37 bits per heavy atom. The van der Waals surface area contributed by atoms with Crippen molar-refractivity contribution in [2.45, 2.75) is 64.8 Å². The third kappa shape index (κ3) is 6.34. The smallest absolute Gasteiger partial charge is 0.407 e. The number of ether oxygens (including phenoxy) is 3. The molecule has 1 unspecified atom stereocenters. The number of H-pyrrole nitrogens is 1. The van der Waals surface area contributed by atoms with Gasteiger partial charge in [0.1, 0.15) is 18.5 Å². The van der Waals surface area contributed by atoms with E-state index in [2.05, 4.69) is 26.5 Å². The van der Waals surface area contributed by atoms with Gasteiger partial charge >= 0.3 is 6.09 Å². The van der Waals surface area contributed by atoms with Gasteiger partial charge in [-0.3, -0.25) is 10.00 Å². The van der Waals surface area contributed by atoms with Gasteiger partial charge in [-0.2, -0.15) is 5.10 Å². The molecular formula is C22H34N4O4. The maximum absolute atomic E-state index is 11.9. The average molecular weight is 419 g/mol. The second-order valence-electron chi connectivity index (χ2n) is 9.04. The number of carbonyl (C=O) groups is 1. The van der Waals surface area contributed by atoms with E-state index < -0.39 is 6.09 Å². The molecule has 8 heteroatoms. The number of nitrogens with zero attached hydrogens (tertiary/aromatic N) is 2. The van der Waals surface area contributed by atoms with Gasteiger partial charge in [-0.25, -0.2) is 4.79 Å². The summed E-state index contributed by atoms with van der Waals surface area (Å²) in [5.41, 5.74) is 1.60. The second-order valence-corrected chi connectivity index (χ2v) is 9.04. The van der Waals surface area contributed by atoms with E-state index in [-0.39, 0.29) is 17.7 Å². The Labute approximate surface area is 178 Å². The Hall–Kier alpha value is -2.32. The number of nitrogens with one attached hydrogen (secondary N) is 2. The van der Waals surface area contributed by atoms with Crippen LogP contribution in [0, 0.1) is 0 Å². The Morgan fingerprint density at radius 3 is 2.80 bits per heavy atom. The van der Waals surface area contributed by atoms with Gasteiger partial charge < -0.3 is 19.5 Å². The van der Waals surface area contributed by atoms with Crippen LogP contribution in [0.5, 0.6) is 5.75 Å². The first-order valence-electron chi connectivity index (χ1n) is 10.6.